The minimum absolute atomic E-state index is 0.144. The third kappa shape index (κ3) is 5.90. The summed E-state index contributed by atoms with van der Waals surface area (Å²) in [5.74, 6) is 0.659. The van der Waals surface area contributed by atoms with Crippen LogP contribution in [0.15, 0.2) is 18.2 Å². The van der Waals surface area contributed by atoms with Crippen molar-refractivity contribution in [2.75, 3.05) is 33.9 Å². The minimum atomic E-state index is -0.503. The van der Waals surface area contributed by atoms with Crippen LogP contribution in [0.2, 0.25) is 0 Å². The van der Waals surface area contributed by atoms with E-state index in [4.69, 9.17) is 15.2 Å². The zero-order valence-electron chi connectivity index (χ0n) is 12.2. The highest BCUT2D eigenvalue weighted by Crippen LogP contribution is 2.27. The maximum absolute atomic E-state index is 10.7. The smallest absolute Gasteiger partial charge is 0.255 e. The molecule has 6 N–H and O–H groups in total. The molecule has 112 valence electrons. The molecule has 1 amide bonds. The highest BCUT2D eigenvalue weighted by Gasteiger charge is 2.08. The second-order valence-electron chi connectivity index (χ2n) is 4.57. The van der Waals surface area contributed by atoms with Crippen LogP contribution in [-0.2, 0) is 11.3 Å². The van der Waals surface area contributed by atoms with Crippen LogP contribution in [-0.4, -0.2) is 39.8 Å². The summed E-state index contributed by atoms with van der Waals surface area (Å²) >= 11 is 0. The van der Waals surface area contributed by atoms with Crippen LogP contribution in [0.5, 0.6) is 11.5 Å². The van der Waals surface area contributed by atoms with E-state index in [9.17, 15) is 4.79 Å². The number of hydrogen-bond donors (Lipinski definition) is 3. The highest BCUT2D eigenvalue weighted by molar-refractivity contribution is 5.75. The van der Waals surface area contributed by atoms with Gasteiger partial charge in [-0.1, -0.05) is 0 Å². The molecule has 0 radical (unpaired) electrons. The van der Waals surface area contributed by atoms with Crippen LogP contribution >= 0.6 is 0 Å². The van der Waals surface area contributed by atoms with Crippen molar-refractivity contribution in [3.8, 4) is 11.5 Å². The highest BCUT2D eigenvalue weighted by atomic mass is 16.5. The Morgan fingerprint density at radius 2 is 2.10 bits per heavy atom. The van der Waals surface area contributed by atoms with Crippen LogP contribution < -0.4 is 25.8 Å². The zero-order valence-corrected chi connectivity index (χ0v) is 12.2. The monoisotopic (exact) mass is 283 g/mol. The molecule has 0 heterocycles. The Bertz CT molecular complexity index is 424. The van der Waals surface area contributed by atoms with Gasteiger partial charge < -0.3 is 25.8 Å². The topological polar surface area (TPSA) is 94.8 Å². The Kier molecular flexibility index (Phi) is 7.46. The van der Waals surface area contributed by atoms with E-state index in [2.05, 4.69) is 17.7 Å². The number of ether oxygens (including phenoxy) is 2. The molecule has 0 saturated carbocycles. The van der Waals surface area contributed by atoms with Crippen molar-refractivity contribution in [1.82, 2.24) is 0 Å². The molecule has 20 heavy (non-hydrogen) atoms. The number of carbonyl (C=O) groups excluding carboxylic acids is 1. The van der Waals surface area contributed by atoms with Crippen molar-refractivity contribution in [2.45, 2.75) is 13.0 Å². The van der Waals surface area contributed by atoms with Crippen LogP contribution in [0.25, 0.3) is 0 Å². The molecule has 0 unspecified atom stereocenters. The Labute approximate surface area is 119 Å². The third-order valence-electron chi connectivity index (χ3n) is 2.88. The summed E-state index contributed by atoms with van der Waals surface area (Å²) in [7, 11) is 3.66. The molecule has 0 atom stereocenters. The number of nitrogens with two attached hydrogens (primary N) is 3. The first-order chi connectivity index (χ1) is 9.67. The van der Waals surface area contributed by atoms with Crippen molar-refractivity contribution < 1.29 is 24.9 Å². The number of rotatable bonds is 10. The van der Waals surface area contributed by atoms with Crippen molar-refractivity contribution in [1.29, 1.82) is 0 Å². The summed E-state index contributed by atoms with van der Waals surface area (Å²) in [5.41, 5.74) is 6.22. The van der Waals surface area contributed by atoms with Gasteiger partial charge in [0.2, 0.25) is 0 Å². The van der Waals surface area contributed by atoms with E-state index in [0.717, 1.165) is 25.2 Å². The van der Waals surface area contributed by atoms with E-state index >= 15 is 0 Å². The summed E-state index contributed by atoms with van der Waals surface area (Å²) < 4.78 is 10.6. The molecule has 1 rings (SSSR count). The molecule has 0 bridgehead atoms. The summed E-state index contributed by atoms with van der Waals surface area (Å²) in [6, 6.07) is 5.71. The summed E-state index contributed by atoms with van der Waals surface area (Å²) in [6.45, 7) is 3.01. The molecular formula is C14H25N3O3+2. The first-order valence-electron chi connectivity index (χ1n) is 6.85. The molecule has 1 aromatic carbocycles. The fourth-order valence-corrected chi connectivity index (χ4v) is 1.84. The predicted octanol–water partition coefficient (Wildman–Crippen LogP) is -1.79. The van der Waals surface area contributed by atoms with Gasteiger partial charge in [0, 0.05) is 12.0 Å². The van der Waals surface area contributed by atoms with Gasteiger partial charge in [-0.15, -0.1) is 0 Å². The lowest BCUT2D eigenvalue weighted by molar-refractivity contribution is -0.682. The quantitative estimate of drug-likeness (QED) is 0.442. The summed E-state index contributed by atoms with van der Waals surface area (Å²) in [4.78, 5) is 10.7. The fraction of sp³-hybridized carbons (Fsp3) is 0.500. The first kappa shape index (κ1) is 16.3. The number of carbonyl (C=O) groups is 1. The average molecular weight is 283 g/mol. The van der Waals surface area contributed by atoms with Crippen molar-refractivity contribution in [2.24, 2.45) is 5.73 Å². The van der Waals surface area contributed by atoms with Crippen LogP contribution in [0.3, 0.4) is 0 Å². The number of benzene rings is 1. The maximum Gasteiger partial charge on any atom is 0.255 e. The van der Waals surface area contributed by atoms with E-state index in [1.165, 1.54) is 6.42 Å². The normalized spacial score (nSPS) is 10.3. The summed E-state index contributed by atoms with van der Waals surface area (Å²) in [5, 5.41) is 4.45. The molecule has 0 aliphatic carbocycles. The van der Waals surface area contributed by atoms with Gasteiger partial charge in [-0.05, 0) is 18.2 Å². The van der Waals surface area contributed by atoms with Gasteiger partial charge in [-0.2, -0.15) is 0 Å². The molecule has 0 aliphatic heterocycles. The van der Waals surface area contributed by atoms with E-state index in [0.29, 0.717) is 11.5 Å². The van der Waals surface area contributed by atoms with E-state index in [1.807, 2.05) is 18.2 Å². The molecule has 0 saturated heterocycles. The molecule has 0 fully saturated rings. The van der Waals surface area contributed by atoms with E-state index in [1.54, 1.807) is 7.11 Å². The predicted molar refractivity (Wildman–Crippen MR) is 75.5 cm³/mol. The Hall–Kier alpha value is -1.79. The number of hydrogen-bond acceptors (Lipinski definition) is 3. The first-order valence-corrected chi connectivity index (χ1v) is 6.85. The number of primary amides is 1. The molecular weight excluding hydrogens is 258 g/mol. The standard InChI is InChI=1S/C14H23N3O3/c1-16-6-3-7-17-9-11-4-5-12(13(8-11)19-2)20-10-14(15)18/h4-5,8,16-17H,3,6-7,9-10H2,1-2H3,(H2,15,18)/p+2. The fourth-order valence-electron chi connectivity index (χ4n) is 1.84. The lowest BCUT2D eigenvalue weighted by Crippen LogP contribution is -2.85. The molecule has 6 nitrogen and oxygen atoms in total. The molecule has 0 aliphatic rings. The largest absolute Gasteiger partial charge is 0.493 e. The van der Waals surface area contributed by atoms with Crippen molar-refractivity contribution >= 4 is 5.91 Å². The average Bonchev–Trinajstić information content (AvgIpc) is 2.45. The maximum atomic E-state index is 10.7. The number of methoxy groups -OCH3 is 1. The summed E-state index contributed by atoms with van der Waals surface area (Å²) in [6.07, 6.45) is 1.19. The number of quaternary nitrogens is 2. The lowest BCUT2D eigenvalue weighted by atomic mass is 10.2. The van der Waals surface area contributed by atoms with Gasteiger partial charge in [0.25, 0.3) is 5.91 Å². The van der Waals surface area contributed by atoms with Crippen molar-refractivity contribution in [3.05, 3.63) is 23.8 Å². The van der Waals surface area contributed by atoms with E-state index in [-0.39, 0.29) is 6.61 Å². The second-order valence-corrected chi connectivity index (χ2v) is 4.57. The zero-order chi connectivity index (χ0) is 14.8. The van der Waals surface area contributed by atoms with Gasteiger partial charge in [-0.25, -0.2) is 0 Å². The molecule has 1 aromatic rings. The van der Waals surface area contributed by atoms with E-state index < -0.39 is 5.91 Å². The van der Waals surface area contributed by atoms with Gasteiger partial charge in [0.05, 0.1) is 27.2 Å². The van der Waals surface area contributed by atoms with Gasteiger partial charge in [0.15, 0.2) is 18.1 Å². The van der Waals surface area contributed by atoms with Gasteiger partial charge >= 0.3 is 0 Å². The number of amides is 1. The van der Waals surface area contributed by atoms with Gasteiger partial charge in [-0.3, -0.25) is 4.79 Å². The SMILES string of the molecule is C[NH2+]CCC[NH2+]Cc1ccc(OCC(N)=O)c(OC)c1. The van der Waals surface area contributed by atoms with Crippen LogP contribution in [0.1, 0.15) is 12.0 Å². The Morgan fingerprint density at radius 1 is 1.30 bits per heavy atom. The minimum Gasteiger partial charge on any atom is -0.493 e. The molecule has 6 heteroatoms. The van der Waals surface area contributed by atoms with Gasteiger partial charge in [0.1, 0.15) is 6.54 Å². The van der Waals surface area contributed by atoms with Crippen molar-refractivity contribution in [3.63, 3.8) is 0 Å². The third-order valence-corrected chi connectivity index (χ3v) is 2.88. The second kappa shape index (κ2) is 9.17. The Balaban J connectivity index is 2.51. The van der Waals surface area contributed by atoms with Crippen LogP contribution in [0, 0.1) is 0 Å². The lowest BCUT2D eigenvalue weighted by Gasteiger charge is -2.10. The van der Waals surface area contributed by atoms with Crippen LogP contribution in [0.4, 0.5) is 0 Å². The molecule has 0 spiro atoms. The molecule has 0 aromatic heterocycles. The Morgan fingerprint density at radius 3 is 2.75 bits per heavy atom.